The predicted octanol–water partition coefficient (Wildman–Crippen LogP) is 4.83. The number of benzene rings is 3. The molecule has 2 aliphatic rings. The van der Waals surface area contributed by atoms with Gasteiger partial charge in [-0.1, -0.05) is 18.2 Å². The van der Waals surface area contributed by atoms with Gasteiger partial charge in [0.15, 0.2) is 0 Å². The first kappa shape index (κ1) is 20.1. The van der Waals surface area contributed by atoms with Crippen molar-refractivity contribution < 1.29 is 14.5 Å². The van der Waals surface area contributed by atoms with Gasteiger partial charge in [0.25, 0.3) is 5.91 Å². The highest BCUT2D eigenvalue weighted by atomic mass is 16.9. The summed E-state index contributed by atoms with van der Waals surface area (Å²) in [4.78, 5) is 19.3. The highest BCUT2D eigenvalue weighted by Crippen LogP contribution is 2.43. The summed E-state index contributed by atoms with van der Waals surface area (Å²) in [6.45, 7) is 8.36. The number of hydrazine groups is 2. The molecule has 0 radical (unpaired) electrons. The zero-order valence-corrected chi connectivity index (χ0v) is 18.7. The molecule has 162 valence electrons. The van der Waals surface area contributed by atoms with Gasteiger partial charge in [0, 0.05) is 11.1 Å². The van der Waals surface area contributed by atoms with E-state index in [0.717, 1.165) is 28.1 Å². The van der Waals surface area contributed by atoms with E-state index >= 15 is 0 Å². The van der Waals surface area contributed by atoms with E-state index in [-0.39, 0.29) is 5.91 Å². The first-order valence-electron chi connectivity index (χ1n) is 10.4. The Balaban J connectivity index is 1.60. The summed E-state index contributed by atoms with van der Waals surface area (Å²) in [5.41, 5.74) is 7.70. The number of hydrogen-bond acceptors (Lipinski definition) is 6. The number of nitrogens with zero attached hydrogens (tertiary/aromatic N) is 4. The molecule has 0 spiro atoms. The second kappa shape index (κ2) is 7.39. The number of para-hydroxylation sites is 2. The van der Waals surface area contributed by atoms with Crippen molar-refractivity contribution in [2.45, 2.75) is 27.7 Å². The van der Waals surface area contributed by atoms with Crippen LogP contribution in [0.2, 0.25) is 0 Å². The molecule has 1 amide bonds. The van der Waals surface area contributed by atoms with E-state index in [1.807, 2.05) is 29.3 Å². The summed E-state index contributed by atoms with van der Waals surface area (Å²) in [7, 11) is 1.60. The van der Waals surface area contributed by atoms with Crippen LogP contribution in [0.15, 0.2) is 59.8 Å². The molecule has 0 unspecified atom stereocenters. The number of aryl methyl sites for hydroxylation is 2. The number of ether oxygens (including phenoxy) is 1. The first-order chi connectivity index (χ1) is 15.4. The molecule has 7 heteroatoms. The zero-order chi connectivity index (χ0) is 22.6. The maximum atomic E-state index is 13.5. The van der Waals surface area contributed by atoms with Crippen LogP contribution in [-0.4, -0.2) is 24.1 Å². The minimum Gasteiger partial charge on any atom is -0.497 e. The Morgan fingerprint density at radius 1 is 0.906 bits per heavy atom. The van der Waals surface area contributed by atoms with E-state index in [2.05, 4.69) is 38.9 Å². The van der Waals surface area contributed by atoms with Gasteiger partial charge >= 0.3 is 0 Å². The fourth-order valence-electron chi connectivity index (χ4n) is 4.22. The number of amidine groups is 1. The lowest BCUT2D eigenvalue weighted by molar-refractivity contribution is -0.135. The molecule has 0 fully saturated rings. The van der Waals surface area contributed by atoms with Gasteiger partial charge in [-0.3, -0.25) is 9.73 Å². The van der Waals surface area contributed by atoms with E-state index in [9.17, 15) is 4.79 Å². The number of rotatable bonds is 3. The average molecular weight is 428 g/mol. The Bertz CT molecular complexity index is 1240. The maximum absolute atomic E-state index is 13.5. The summed E-state index contributed by atoms with van der Waals surface area (Å²) < 4.78 is 5.22. The summed E-state index contributed by atoms with van der Waals surface area (Å²) >= 11 is 0. The van der Waals surface area contributed by atoms with E-state index < -0.39 is 0 Å². The summed E-state index contributed by atoms with van der Waals surface area (Å²) in [6.07, 6.45) is 0. The molecule has 0 N–H and O–H groups in total. The highest BCUT2D eigenvalue weighted by molar-refractivity contribution is 6.17. The zero-order valence-electron chi connectivity index (χ0n) is 18.7. The minimum absolute atomic E-state index is 0.229. The van der Waals surface area contributed by atoms with Crippen LogP contribution in [0.1, 0.15) is 38.2 Å². The fourth-order valence-corrected chi connectivity index (χ4v) is 4.22. The molecule has 0 saturated heterocycles. The SMILES string of the molecule is COc1ccc(C(=O)N2c3ccccc3N3C(c4c(C)c(C)cc(C)c4C)=NON23)cc1. The van der Waals surface area contributed by atoms with E-state index in [1.165, 1.54) is 21.4 Å². The lowest BCUT2D eigenvalue weighted by Gasteiger charge is -2.25. The average Bonchev–Trinajstić information content (AvgIpc) is 3.36. The van der Waals surface area contributed by atoms with E-state index in [4.69, 9.17) is 9.68 Å². The van der Waals surface area contributed by atoms with Crippen LogP contribution in [0.3, 0.4) is 0 Å². The molecular formula is C25H24N4O3. The van der Waals surface area contributed by atoms with Gasteiger partial charge in [0.05, 0.1) is 23.8 Å². The van der Waals surface area contributed by atoms with Gasteiger partial charge in [-0.15, -0.1) is 0 Å². The number of amides is 1. The molecule has 0 aliphatic carbocycles. The molecule has 2 heterocycles. The predicted molar refractivity (Wildman–Crippen MR) is 124 cm³/mol. The number of fused-ring (bicyclic) bond motifs is 3. The van der Waals surface area contributed by atoms with Crippen LogP contribution in [0.25, 0.3) is 0 Å². The van der Waals surface area contributed by atoms with E-state index in [1.54, 1.807) is 31.4 Å². The van der Waals surface area contributed by atoms with Gasteiger partial charge in [0.2, 0.25) is 5.84 Å². The Kier molecular flexibility index (Phi) is 4.64. The van der Waals surface area contributed by atoms with Crippen molar-refractivity contribution in [3.63, 3.8) is 0 Å². The van der Waals surface area contributed by atoms with Crippen LogP contribution in [0.5, 0.6) is 5.75 Å². The number of methoxy groups -OCH3 is 1. The van der Waals surface area contributed by atoms with Crippen molar-refractivity contribution in [2.24, 2.45) is 5.16 Å². The van der Waals surface area contributed by atoms with Crippen molar-refractivity contribution in [3.8, 4) is 5.75 Å². The van der Waals surface area contributed by atoms with Crippen molar-refractivity contribution in [1.82, 2.24) is 5.28 Å². The van der Waals surface area contributed by atoms with Crippen molar-refractivity contribution >= 4 is 23.1 Å². The largest absolute Gasteiger partial charge is 0.497 e. The Hall–Kier alpha value is -3.84. The van der Waals surface area contributed by atoms with Gasteiger partial charge in [0.1, 0.15) is 5.75 Å². The number of oxime groups is 1. The third kappa shape index (κ3) is 2.85. The van der Waals surface area contributed by atoms with Gasteiger partial charge < -0.3 is 4.74 Å². The van der Waals surface area contributed by atoms with Gasteiger partial charge in [-0.25, -0.2) is 0 Å². The molecule has 32 heavy (non-hydrogen) atoms. The minimum atomic E-state index is -0.229. The van der Waals surface area contributed by atoms with Gasteiger partial charge in [-0.05, 0) is 91.5 Å². The Morgan fingerprint density at radius 3 is 2.16 bits per heavy atom. The number of carbonyl (C=O) groups excluding carboxylic acids is 1. The second-order valence-corrected chi connectivity index (χ2v) is 8.03. The monoisotopic (exact) mass is 428 g/mol. The number of anilines is 2. The standard InChI is InChI=1S/C25H24N4O3/c1-15-14-16(2)18(4)23(17(15)3)24-26-32-29-27(24)21-8-6-7-9-22(21)28(29)25(30)19-10-12-20(31-5)13-11-19/h6-14H,1-5H3. The fraction of sp³-hybridized carbons (Fsp3) is 0.200. The maximum Gasteiger partial charge on any atom is 0.277 e. The molecular weight excluding hydrogens is 404 g/mol. The van der Waals surface area contributed by atoms with Crippen LogP contribution >= 0.6 is 0 Å². The lowest BCUT2D eigenvalue weighted by Crippen LogP contribution is -2.49. The molecule has 0 saturated carbocycles. The normalized spacial score (nSPS) is 14.7. The lowest BCUT2D eigenvalue weighted by atomic mass is 9.93. The molecule has 0 atom stereocenters. The third-order valence-corrected chi connectivity index (χ3v) is 6.20. The van der Waals surface area contributed by atoms with Crippen LogP contribution in [0.4, 0.5) is 11.4 Å². The van der Waals surface area contributed by atoms with Crippen LogP contribution in [0, 0.1) is 27.7 Å². The smallest absolute Gasteiger partial charge is 0.277 e. The molecule has 3 aromatic rings. The molecule has 0 bridgehead atoms. The van der Waals surface area contributed by atoms with Crippen molar-refractivity contribution in [1.29, 1.82) is 0 Å². The molecule has 7 nitrogen and oxygen atoms in total. The summed E-state index contributed by atoms with van der Waals surface area (Å²) in [6, 6.07) is 16.9. The highest BCUT2D eigenvalue weighted by Gasteiger charge is 2.47. The topological polar surface area (TPSA) is 57.6 Å². The summed E-state index contributed by atoms with van der Waals surface area (Å²) in [5.74, 6) is 1.12. The molecule has 2 aliphatic heterocycles. The van der Waals surface area contributed by atoms with E-state index in [0.29, 0.717) is 17.1 Å². The summed E-state index contributed by atoms with van der Waals surface area (Å²) in [5, 5.41) is 9.17. The Labute approximate surface area is 187 Å². The van der Waals surface area contributed by atoms with Crippen molar-refractivity contribution in [2.75, 3.05) is 17.1 Å². The third-order valence-electron chi connectivity index (χ3n) is 6.20. The van der Waals surface area contributed by atoms with Gasteiger partial charge in [-0.2, -0.15) is 10.0 Å². The molecule has 3 aromatic carbocycles. The quantitative estimate of drug-likeness (QED) is 0.598. The second-order valence-electron chi connectivity index (χ2n) is 8.03. The molecule has 0 aromatic heterocycles. The van der Waals surface area contributed by atoms with Crippen LogP contribution < -0.4 is 14.8 Å². The van der Waals surface area contributed by atoms with Crippen LogP contribution in [-0.2, 0) is 4.94 Å². The number of carbonyl (C=O) groups is 1. The number of hydrogen-bond donors (Lipinski definition) is 0. The Morgan fingerprint density at radius 2 is 1.53 bits per heavy atom. The van der Waals surface area contributed by atoms with Crippen molar-refractivity contribution in [3.05, 3.63) is 88.0 Å². The first-order valence-corrected chi connectivity index (χ1v) is 10.4. The molecule has 5 rings (SSSR count).